The van der Waals surface area contributed by atoms with E-state index in [4.69, 9.17) is 11.6 Å². The topological polar surface area (TPSA) is 37.4 Å². The molecule has 3 nitrogen and oxygen atoms in total. The minimum Gasteiger partial charge on any atom is -0.262 e. The average molecular weight is 376 g/mol. The van der Waals surface area contributed by atoms with Crippen molar-refractivity contribution in [1.82, 2.24) is 0 Å². The summed E-state index contributed by atoms with van der Waals surface area (Å²) < 4.78 is 41.0. The van der Waals surface area contributed by atoms with E-state index < -0.39 is 15.8 Å². The van der Waals surface area contributed by atoms with E-state index in [0.717, 1.165) is 17.7 Å². The van der Waals surface area contributed by atoms with Crippen LogP contribution in [0.15, 0.2) is 83.8 Å². The van der Waals surface area contributed by atoms with Gasteiger partial charge in [-0.2, -0.15) is 0 Å². The van der Waals surface area contributed by atoms with E-state index >= 15 is 0 Å². The minimum atomic E-state index is -3.97. The van der Waals surface area contributed by atoms with Gasteiger partial charge >= 0.3 is 0 Å². The van der Waals surface area contributed by atoms with Crippen LogP contribution in [0.4, 0.5) is 10.1 Å². The van der Waals surface area contributed by atoms with Crippen molar-refractivity contribution in [1.29, 1.82) is 0 Å². The van der Waals surface area contributed by atoms with E-state index in [2.05, 4.69) is 0 Å². The quantitative estimate of drug-likeness (QED) is 0.637. The summed E-state index contributed by atoms with van der Waals surface area (Å²) in [4.78, 5) is -0.129. The standard InChI is InChI=1S/C19H15ClFNO2S/c20-18-13-16(21)11-12-19(18)25(23,24)22(17-9-5-2-6-10-17)14-15-7-3-1-4-8-15/h1-13H,14H2. The van der Waals surface area contributed by atoms with Gasteiger partial charge in [0.25, 0.3) is 10.0 Å². The number of benzene rings is 3. The lowest BCUT2D eigenvalue weighted by molar-refractivity contribution is 0.589. The predicted molar refractivity (Wildman–Crippen MR) is 97.7 cm³/mol. The third-order valence-electron chi connectivity index (χ3n) is 3.68. The van der Waals surface area contributed by atoms with Crippen molar-refractivity contribution in [3.8, 4) is 0 Å². The molecule has 3 rings (SSSR count). The van der Waals surface area contributed by atoms with Gasteiger partial charge in [-0.1, -0.05) is 60.1 Å². The first-order chi connectivity index (χ1) is 12.0. The maximum absolute atomic E-state index is 13.3. The second-order valence-electron chi connectivity index (χ2n) is 5.41. The number of nitrogens with zero attached hydrogens (tertiary/aromatic N) is 1. The molecule has 0 spiro atoms. The molecule has 0 unspecified atom stereocenters. The monoisotopic (exact) mass is 375 g/mol. The molecule has 0 heterocycles. The molecule has 3 aromatic carbocycles. The third-order valence-corrected chi connectivity index (χ3v) is 5.93. The molecule has 0 fully saturated rings. The highest BCUT2D eigenvalue weighted by molar-refractivity contribution is 7.93. The Kier molecular flexibility index (Phi) is 5.06. The predicted octanol–water partition coefficient (Wildman–Crippen LogP) is 4.87. The summed E-state index contributed by atoms with van der Waals surface area (Å²) in [5, 5.41) is -0.144. The van der Waals surface area contributed by atoms with Crippen LogP contribution in [-0.4, -0.2) is 8.42 Å². The van der Waals surface area contributed by atoms with Crippen molar-refractivity contribution in [3.05, 3.63) is 95.3 Å². The SMILES string of the molecule is O=S(=O)(c1ccc(F)cc1Cl)N(Cc1ccccc1)c1ccccc1. The molecule has 0 bridgehead atoms. The Morgan fingerprint density at radius 1 is 0.880 bits per heavy atom. The van der Waals surface area contributed by atoms with Gasteiger partial charge in [-0.15, -0.1) is 0 Å². The Morgan fingerprint density at radius 2 is 1.48 bits per heavy atom. The Balaban J connectivity index is 2.10. The summed E-state index contributed by atoms with van der Waals surface area (Å²) in [7, 11) is -3.97. The van der Waals surface area contributed by atoms with E-state index in [1.165, 1.54) is 10.4 Å². The molecule has 0 aromatic heterocycles. The van der Waals surface area contributed by atoms with Gasteiger partial charge in [0.2, 0.25) is 0 Å². The Labute approximate surface area is 151 Å². The fourth-order valence-electron chi connectivity index (χ4n) is 2.46. The number of halogens is 2. The number of hydrogen-bond donors (Lipinski definition) is 0. The molecule has 0 saturated heterocycles. The van der Waals surface area contributed by atoms with Crippen molar-refractivity contribution in [2.75, 3.05) is 4.31 Å². The molecular formula is C19H15ClFNO2S. The molecule has 0 N–H and O–H groups in total. The molecule has 0 amide bonds. The van der Waals surface area contributed by atoms with Crippen molar-refractivity contribution in [3.63, 3.8) is 0 Å². The smallest absolute Gasteiger partial charge is 0.262 e. The molecule has 0 aliphatic heterocycles. The fraction of sp³-hybridized carbons (Fsp3) is 0.0526. The zero-order valence-corrected chi connectivity index (χ0v) is 14.7. The molecule has 0 aliphatic rings. The maximum Gasteiger partial charge on any atom is 0.266 e. The molecule has 25 heavy (non-hydrogen) atoms. The summed E-state index contributed by atoms with van der Waals surface area (Å²) in [6, 6.07) is 21.3. The van der Waals surface area contributed by atoms with Gasteiger partial charge in [-0.3, -0.25) is 4.31 Å². The molecule has 3 aromatic rings. The summed E-state index contributed by atoms with van der Waals surface area (Å²) in [5.74, 6) is -0.585. The first kappa shape index (κ1) is 17.5. The Hall–Kier alpha value is -2.37. The lowest BCUT2D eigenvalue weighted by atomic mass is 10.2. The summed E-state index contributed by atoms with van der Waals surface area (Å²) >= 11 is 6.00. The Bertz CT molecular complexity index is 963. The summed E-state index contributed by atoms with van der Waals surface area (Å²) in [5.41, 5.74) is 1.33. The Morgan fingerprint density at radius 3 is 2.08 bits per heavy atom. The van der Waals surface area contributed by atoms with E-state index in [-0.39, 0.29) is 16.5 Å². The molecule has 0 radical (unpaired) electrons. The zero-order chi connectivity index (χ0) is 17.9. The number of hydrogen-bond acceptors (Lipinski definition) is 2. The van der Waals surface area contributed by atoms with Gasteiger partial charge < -0.3 is 0 Å². The van der Waals surface area contributed by atoms with Gasteiger partial charge in [0, 0.05) is 0 Å². The van der Waals surface area contributed by atoms with Crippen LogP contribution in [0, 0.1) is 5.82 Å². The van der Waals surface area contributed by atoms with E-state index in [1.807, 2.05) is 36.4 Å². The van der Waals surface area contributed by atoms with Crippen LogP contribution in [0.3, 0.4) is 0 Å². The lowest BCUT2D eigenvalue weighted by Crippen LogP contribution is -2.30. The largest absolute Gasteiger partial charge is 0.266 e. The lowest BCUT2D eigenvalue weighted by Gasteiger charge is -2.25. The number of sulfonamides is 1. The van der Waals surface area contributed by atoms with Crippen LogP contribution in [0.5, 0.6) is 0 Å². The van der Waals surface area contributed by atoms with Crippen LogP contribution in [0.2, 0.25) is 5.02 Å². The third kappa shape index (κ3) is 3.83. The van der Waals surface area contributed by atoms with Crippen LogP contribution < -0.4 is 4.31 Å². The van der Waals surface area contributed by atoms with Crippen molar-refractivity contribution in [2.24, 2.45) is 0 Å². The first-order valence-electron chi connectivity index (χ1n) is 7.55. The second kappa shape index (κ2) is 7.25. The summed E-state index contributed by atoms with van der Waals surface area (Å²) in [6.45, 7) is 0.140. The number of para-hydroxylation sites is 1. The van der Waals surface area contributed by atoms with Crippen molar-refractivity contribution < 1.29 is 12.8 Å². The van der Waals surface area contributed by atoms with Gasteiger partial charge in [-0.25, -0.2) is 12.8 Å². The van der Waals surface area contributed by atoms with E-state index in [9.17, 15) is 12.8 Å². The maximum atomic E-state index is 13.3. The van der Waals surface area contributed by atoms with Crippen LogP contribution >= 0.6 is 11.6 Å². The minimum absolute atomic E-state index is 0.129. The zero-order valence-electron chi connectivity index (χ0n) is 13.1. The first-order valence-corrected chi connectivity index (χ1v) is 9.37. The van der Waals surface area contributed by atoms with Crippen LogP contribution in [0.25, 0.3) is 0 Å². The van der Waals surface area contributed by atoms with Gasteiger partial charge in [0.05, 0.1) is 17.3 Å². The van der Waals surface area contributed by atoms with E-state index in [1.54, 1.807) is 24.3 Å². The molecule has 6 heteroatoms. The van der Waals surface area contributed by atoms with Crippen molar-refractivity contribution in [2.45, 2.75) is 11.4 Å². The normalized spacial score (nSPS) is 11.3. The van der Waals surface area contributed by atoms with Gasteiger partial charge in [0.15, 0.2) is 0 Å². The van der Waals surface area contributed by atoms with Crippen LogP contribution in [0.1, 0.15) is 5.56 Å². The molecule has 128 valence electrons. The molecule has 0 aliphatic carbocycles. The highest BCUT2D eigenvalue weighted by atomic mass is 35.5. The fourth-order valence-corrected chi connectivity index (χ4v) is 4.42. The highest BCUT2D eigenvalue weighted by Gasteiger charge is 2.27. The number of anilines is 1. The molecule has 0 saturated carbocycles. The summed E-state index contributed by atoms with van der Waals surface area (Å²) in [6.07, 6.45) is 0. The van der Waals surface area contributed by atoms with Crippen LogP contribution in [-0.2, 0) is 16.6 Å². The second-order valence-corrected chi connectivity index (χ2v) is 7.65. The van der Waals surface area contributed by atoms with Crippen molar-refractivity contribution >= 4 is 27.3 Å². The highest BCUT2D eigenvalue weighted by Crippen LogP contribution is 2.30. The molecule has 0 atom stereocenters. The van der Waals surface area contributed by atoms with Gasteiger partial charge in [-0.05, 0) is 35.9 Å². The van der Waals surface area contributed by atoms with E-state index in [0.29, 0.717) is 5.69 Å². The van der Waals surface area contributed by atoms with Gasteiger partial charge in [0.1, 0.15) is 10.7 Å². The average Bonchev–Trinajstić information content (AvgIpc) is 2.61. The number of rotatable bonds is 5. The molecular weight excluding hydrogens is 361 g/mol.